The van der Waals surface area contributed by atoms with Crippen molar-refractivity contribution in [1.29, 1.82) is 0 Å². The maximum absolute atomic E-state index is 12.9. The van der Waals surface area contributed by atoms with Crippen molar-refractivity contribution in [2.24, 2.45) is 0 Å². The summed E-state index contributed by atoms with van der Waals surface area (Å²) in [4.78, 5) is 12.9. The van der Waals surface area contributed by atoms with E-state index in [9.17, 15) is 4.79 Å². The van der Waals surface area contributed by atoms with Crippen molar-refractivity contribution in [2.45, 2.75) is 12.5 Å². The number of carbonyl (C=O) groups excluding carboxylic acids is 1. The smallest absolute Gasteiger partial charge is 0.246 e. The zero-order valence-corrected chi connectivity index (χ0v) is 15.3. The van der Waals surface area contributed by atoms with E-state index >= 15 is 0 Å². The molecule has 0 spiro atoms. The van der Waals surface area contributed by atoms with Gasteiger partial charge in [0.2, 0.25) is 5.91 Å². The molecule has 1 atom stereocenters. The van der Waals surface area contributed by atoms with Gasteiger partial charge in [-0.15, -0.1) is 0 Å². The number of nitrogens with zero attached hydrogens (tertiary/aromatic N) is 1. The highest BCUT2D eigenvalue weighted by molar-refractivity contribution is 6.30. The molecule has 0 fully saturated rings. The van der Waals surface area contributed by atoms with Crippen LogP contribution in [0.5, 0.6) is 0 Å². The van der Waals surface area contributed by atoms with Crippen LogP contribution in [0.15, 0.2) is 48.7 Å². The Hall–Kier alpha value is -2.41. The molecule has 7 heteroatoms. The van der Waals surface area contributed by atoms with E-state index in [1.807, 2.05) is 43.4 Å². The SMILES string of the molecule is CNCCCNC(C(=O)Nc1ccc2[nH]ncc2c1)c1cccc(Cl)c1. The highest BCUT2D eigenvalue weighted by atomic mass is 35.5. The summed E-state index contributed by atoms with van der Waals surface area (Å²) >= 11 is 6.11. The summed E-state index contributed by atoms with van der Waals surface area (Å²) in [6.45, 7) is 1.60. The standard InChI is InChI=1S/C19H22ClN5O/c1-21-8-3-9-22-18(13-4-2-5-15(20)10-13)19(26)24-16-6-7-17-14(11-16)12-23-25-17/h2,4-7,10-12,18,21-22H,3,8-9H2,1H3,(H,23,25)(H,24,26). The lowest BCUT2D eigenvalue weighted by atomic mass is 10.1. The molecular formula is C19H22ClN5O. The fraction of sp³-hybridized carbons (Fsp3) is 0.263. The van der Waals surface area contributed by atoms with Crippen LogP contribution in [0.25, 0.3) is 10.9 Å². The number of carbonyl (C=O) groups is 1. The van der Waals surface area contributed by atoms with E-state index in [0.717, 1.165) is 35.1 Å². The Kier molecular flexibility index (Phi) is 6.22. The van der Waals surface area contributed by atoms with Crippen molar-refractivity contribution >= 4 is 34.1 Å². The molecule has 3 rings (SSSR count). The number of anilines is 1. The predicted molar refractivity (Wildman–Crippen MR) is 105 cm³/mol. The molecule has 0 aliphatic carbocycles. The number of amides is 1. The minimum atomic E-state index is -0.481. The van der Waals surface area contributed by atoms with Gasteiger partial charge in [0, 0.05) is 16.1 Å². The van der Waals surface area contributed by atoms with Gasteiger partial charge in [-0.25, -0.2) is 0 Å². The van der Waals surface area contributed by atoms with Gasteiger partial charge < -0.3 is 16.0 Å². The first-order chi connectivity index (χ1) is 12.7. The number of nitrogens with one attached hydrogen (secondary N) is 4. The molecule has 6 nitrogen and oxygen atoms in total. The molecule has 0 saturated heterocycles. The van der Waals surface area contributed by atoms with E-state index in [1.54, 1.807) is 12.3 Å². The van der Waals surface area contributed by atoms with Crippen molar-refractivity contribution in [3.63, 3.8) is 0 Å². The number of benzene rings is 2. The van der Waals surface area contributed by atoms with E-state index < -0.39 is 6.04 Å². The Labute approximate surface area is 157 Å². The van der Waals surface area contributed by atoms with Crippen LogP contribution in [-0.4, -0.2) is 36.2 Å². The third-order valence-corrected chi connectivity index (χ3v) is 4.34. The monoisotopic (exact) mass is 371 g/mol. The fourth-order valence-electron chi connectivity index (χ4n) is 2.79. The summed E-state index contributed by atoms with van der Waals surface area (Å²) in [7, 11) is 1.91. The quantitative estimate of drug-likeness (QED) is 0.459. The second-order valence-corrected chi connectivity index (χ2v) is 6.50. The minimum Gasteiger partial charge on any atom is -0.324 e. The lowest BCUT2D eigenvalue weighted by Gasteiger charge is -2.19. The summed E-state index contributed by atoms with van der Waals surface area (Å²) in [6, 6.07) is 12.5. The molecule has 1 unspecified atom stereocenters. The Bertz CT molecular complexity index is 879. The Balaban J connectivity index is 1.76. The summed E-state index contributed by atoms with van der Waals surface area (Å²) in [5, 5.41) is 17.9. The zero-order valence-electron chi connectivity index (χ0n) is 14.6. The lowest BCUT2D eigenvalue weighted by molar-refractivity contribution is -0.118. The number of hydrogen-bond donors (Lipinski definition) is 4. The normalized spacial score (nSPS) is 12.2. The maximum atomic E-state index is 12.9. The summed E-state index contributed by atoms with van der Waals surface area (Å²) in [5.41, 5.74) is 2.50. The van der Waals surface area contributed by atoms with Gasteiger partial charge in [0.1, 0.15) is 6.04 Å². The molecule has 1 amide bonds. The van der Waals surface area contributed by atoms with Crippen LogP contribution >= 0.6 is 11.6 Å². The number of H-pyrrole nitrogens is 1. The van der Waals surface area contributed by atoms with Gasteiger partial charge in [0.15, 0.2) is 0 Å². The third-order valence-electron chi connectivity index (χ3n) is 4.10. The van der Waals surface area contributed by atoms with E-state index in [0.29, 0.717) is 11.6 Å². The Morgan fingerprint density at radius 3 is 2.92 bits per heavy atom. The second kappa shape index (κ2) is 8.80. The van der Waals surface area contributed by atoms with Gasteiger partial charge >= 0.3 is 0 Å². The van der Waals surface area contributed by atoms with Crippen LogP contribution < -0.4 is 16.0 Å². The Morgan fingerprint density at radius 2 is 2.12 bits per heavy atom. The number of halogens is 1. The van der Waals surface area contributed by atoms with Gasteiger partial charge in [-0.05, 0) is 62.5 Å². The van der Waals surface area contributed by atoms with Gasteiger partial charge in [-0.3, -0.25) is 9.89 Å². The lowest BCUT2D eigenvalue weighted by Crippen LogP contribution is -2.34. The molecule has 2 aromatic carbocycles. The van der Waals surface area contributed by atoms with Crippen LogP contribution in [0.3, 0.4) is 0 Å². The molecule has 0 bridgehead atoms. The van der Waals surface area contributed by atoms with E-state index in [2.05, 4.69) is 26.1 Å². The van der Waals surface area contributed by atoms with Crippen molar-refractivity contribution in [1.82, 2.24) is 20.8 Å². The Morgan fingerprint density at radius 1 is 1.23 bits per heavy atom. The molecule has 0 saturated carbocycles. The highest BCUT2D eigenvalue weighted by Crippen LogP contribution is 2.21. The van der Waals surface area contributed by atoms with Crippen LogP contribution in [0.2, 0.25) is 5.02 Å². The first-order valence-corrected chi connectivity index (χ1v) is 8.92. The number of hydrogen-bond acceptors (Lipinski definition) is 4. The van der Waals surface area contributed by atoms with E-state index in [-0.39, 0.29) is 5.91 Å². The average Bonchev–Trinajstić information content (AvgIpc) is 3.09. The van der Waals surface area contributed by atoms with Crippen molar-refractivity contribution in [2.75, 3.05) is 25.5 Å². The van der Waals surface area contributed by atoms with Gasteiger partial charge in [0.25, 0.3) is 0 Å². The van der Waals surface area contributed by atoms with Crippen molar-refractivity contribution in [3.05, 3.63) is 59.2 Å². The highest BCUT2D eigenvalue weighted by Gasteiger charge is 2.20. The minimum absolute atomic E-state index is 0.125. The number of rotatable bonds is 8. The fourth-order valence-corrected chi connectivity index (χ4v) is 2.99. The van der Waals surface area contributed by atoms with Crippen LogP contribution in [0.1, 0.15) is 18.0 Å². The summed E-state index contributed by atoms with van der Waals surface area (Å²) in [5.74, 6) is -0.125. The third kappa shape index (κ3) is 4.60. The van der Waals surface area contributed by atoms with Crippen molar-refractivity contribution < 1.29 is 4.79 Å². The number of aromatic nitrogens is 2. The van der Waals surface area contributed by atoms with E-state index in [4.69, 9.17) is 11.6 Å². The molecule has 26 heavy (non-hydrogen) atoms. The van der Waals surface area contributed by atoms with Crippen LogP contribution in [0, 0.1) is 0 Å². The summed E-state index contributed by atoms with van der Waals surface area (Å²) < 4.78 is 0. The van der Waals surface area contributed by atoms with Gasteiger partial charge in [-0.1, -0.05) is 23.7 Å². The van der Waals surface area contributed by atoms with E-state index in [1.165, 1.54) is 0 Å². The number of fused-ring (bicyclic) bond motifs is 1. The first-order valence-electron chi connectivity index (χ1n) is 8.55. The van der Waals surface area contributed by atoms with Crippen molar-refractivity contribution in [3.8, 4) is 0 Å². The average molecular weight is 372 g/mol. The largest absolute Gasteiger partial charge is 0.324 e. The van der Waals surface area contributed by atoms with Crippen LogP contribution in [0.4, 0.5) is 5.69 Å². The maximum Gasteiger partial charge on any atom is 0.246 e. The molecule has 4 N–H and O–H groups in total. The number of aromatic amines is 1. The van der Waals surface area contributed by atoms with Crippen LogP contribution in [-0.2, 0) is 4.79 Å². The molecule has 1 heterocycles. The molecule has 0 radical (unpaired) electrons. The molecule has 3 aromatic rings. The second-order valence-electron chi connectivity index (χ2n) is 6.06. The summed E-state index contributed by atoms with van der Waals surface area (Å²) in [6.07, 6.45) is 2.65. The molecule has 0 aliphatic rings. The topological polar surface area (TPSA) is 81.8 Å². The molecule has 0 aliphatic heterocycles. The predicted octanol–water partition coefficient (Wildman–Crippen LogP) is 3.10. The van der Waals surface area contributed by atoms with Gasteiger partial charge in [0.05, 0.1) is 11.7 Å². The first kappa shape index (κ1) is 18.4. The zero-order chi connectivity index (χ0) is 18.4. The molecular weight excluding hydrogens is 350 g/mol. The van der Waals surface area contributed by atoms with Gasteiger partial charge in [-0.2, -0.15) is 5.10 Å². The molecule has 136 valence electrons. The molecule has 1 aromatic heterocycles.